The van der Waals surface area contributed by atoms with Crippen molar-refractivity contribution in [2.24, 2.45) is 0 Å². The van der Waals surface area contributed by atoms with E-state index in [1.165, 1.54) is 45.1 Å². The standard InChI is InChI=1S/C33H63N8O/c1-26-34-25-41(29(35-26)39-17-19-42-20-18-39)40(28-23-32(6,7)37-33(8,9)24-28)16-14-12-11-13-15-38(10)27-21-30(2,3)36-31(4,5)22-27/h25,27-28,36-37H,11-24H2,1-10H3/q+1. The molecular weight excluding hydrogens is 524 g/mol. The van der Waals surface area contributed by atoms with E-state index in [0.29, 0.717) is 12.1 Å². The Morgan fingerprint density at radius 1 is 0.810 bits per heavy atom. The van der Waals surface area contributed by atoms with Crippen LogP contribution in [0.4, 0.5) is 5.95 Å². The molecule has 3 aliphatic rings. The molecule has 3 saturated heterocycles. The highest BCUT2D eigenvalue weighted by atomic mass is 16.5. The Balaban J connectivity index is 1.40. The van der Waals surface area contributed by atoms with E-state index in [0.717, 1.165) is 57.5 Å². The van der Waals surface area contributed by atoms with E-state index in [4.69, 9.17) is 14.7 Å². The molecule has 4 rings (SSSR count). The molecule has 3 fully saturated rings. The second kappa shape index (κ2) is 13.2. The van der Waals surface area contributed by atoms with E-state index in [9.17, 15) is 0 Å². The first-order chi connectivity index (χ1) is 19.5. The minimum atomic E-state index is 0.0677. The van der Waals surface area contributed by atoms with Crippen molar-refractivity contribution in [1.82, 2.24) is 25.5 Å². The number of ether oxygens (including phenoxy) is 1. The Morgan fingerprint density at radius 2 is 1.31 bits per heavy atom. The summed E-state index contributed by atoms with van der Waals surface area (Å²) in [6.07, 6.45) is 11.6. The number of anilines is 1. The third-order valence-electron chi connectivity index (χ3n) is 9.42. The van der Waals surface area contributed by atoms with Crippen LogP contribution in [0, 0.1) is 6.92 Å². The third kappa shape index (κ3) is 9.23. The summed E-state index contributed by atoms with van der Waals surface area (Å²) in [5.74, 6) is 1.83. The van der Waals surface area contributed by atoms with Crippen LogP contribution < -0.4 is 25.2 Å². The maximum Gasteiger partial charge on any atom is 0.374 e. The van der Waals surface area contributed by atoms with Gasteiger partial charge in [-0.15, -0.1) is 9.66 Å². The van der Waals surface area contributed by atoms with Gasteiger partial charge in [0.1, 0.15) is 0 Å². The summed E-state index contributed by atoms with van der Waals surface area (Å²) in [6, 6.07) is 1.06. The fourth-order valence-corrected chi connectivity index (χ4v) is 8.27. The van der Waals surface area contributed by atoms with Gasteiger partial charge in [-0.05, 0) is 108 Å². The molecule has 1 aromatic heterocycles. The van der Waals surface area contributed by atoms with E-state index in [-0.39, 0.29) is 22.2 Å². The van der Waals surface area contributed by atoms with Crippen LogP contribution >= 0.6 is 0 Å². The van der Waals surface area contributed by atoms with Crippen LogP contribution in [0.2, 0.25) is 0 Å². The summed E-state index contributed by atoms with van der Waals surface area (Å²) in [5, 5.41) is 10.3. The van der Waals surface area contributed by atoms with Crippen molar-refractivity contribution in [2.75, 3.05) is 56.3 Å². The zero-order valence-corrected chi connectivity index (χ0v) is 28.7. The maximum absolute atomic E-state index is 5.68. The fraction of sp³-hybridized carbons (Fsp3) is 0.909. The van der Waals surface area contributed by atoms with Crippen LogP contribution in [0.25, 0.3) is 0 Å². The zero-order chi connectivity index (χ0) is 30.8. The lowest BCUT2D eigenvalue weighted by Crippen LogP contribution is -2.71. The molecule has 42 heavy (non-hydrogen) atoms. The molecule has 0 amide bonds. The molecule has 240 valence electrons. The molecule has 0 atom stereocenters. The SMILES string of the molecule is Cc1nc[n+](N(CCCCCCN(C)C2CC(C)(C)NC(C)(C)C2)C2CC(C)(C)NC(C)(C)C2)c(N2CCOCC2)n1. The van der Waals surface area contributed by atoms with Crippen molar-refractivity contribution in [2.45, 2.75) is 148 Å². The molecule has 9 nitrogen and oxygen atoms in total. The number of nitrogens with zero attached hydrogens (tertiary/aromatic N) is 6. The van der Waals surface area contributed by atoms with E-state index in [1.54, 1.807) is 0 Å². The van der Waals surface area contributed by atoms with Crippen LogP contribution in [-0.4, -0.2) is 95.5 Å². The molecule has 0 aliphatic carbocycles. The van der Waals surface area contributed by atoms with Gasteiger partial charge in [0.2, 0.25) is 12.2 Å². The Kier molecular flexibility index (Phi) is 10.5. The van der Waals surface area contributed by atoms with Gasteiger partial charge in [-0.2, -0.15) is 0 Å². The monoisotopic (exact) mass is 588 g/mol. The van der Waals surface area contributed by atoms with Crippen LogP contribution in [0.5, 0.6) is 0 Å². The number of nitrogens with one attached hydrogen (secondary N) is 2. The van der Waals surface area contributed by atoms with Gasteiger partial charge >= 0.3 is 5.95 Å². The predicted molar refractivity (Wildman–Crippen MR) is 173 cm³/mol. The van der Waals surface area contributed by atoms with Crippen molar-refractivity contribution in [3.05, 3.63) is 12.2 Å². The van der Waals surface area contributed by atoms with Crippen molar-refractivity contribution < 1.29 is 9.41 Å². The van der Waals surface area contributed by atoms with Gasteiger partial charge in [0.05, 0.1) is 32.3 Å². The highest BCUT2D eigenvalue weighted by molar-refractivity contribution is 5.24. The topological polar surface area (TPSA) is 72.7 Å². The lowest BCUT2D eigenvalue weighted by Gasteiger charge is -2.49. The number of rotatable bonds is 11. The first kappa shape index (κ1) is 33.3. The average molecular weight is 588 g/mol. The minimum absolute atomic E-state index is 0.0677. The first-order valence-corrected chi connectivity index (χ1v) is 16.7. The fourth-order valence-electron chi connectivity index (χ4n) is 8.27. The van der Waals surface area contributed by atoms with Crippen LogP contribution in [0.1, 0.15) is 113 Å². The molecule has 2 N–H and O–H groups in total. The quantitative estimate of drug-likeness (QED) is 0.298. The van der Waals surface area contributed by atoms with Gasteiger partial charge in [-0.3, -0.25) is 9.91 Å². The van der Waals surface area contributed by atoms with Crippen molar-refractivity contribution in [3.8, 4) is 0 Å². The minimum Gasteiger partial charge on any atom is -0.376 e. The number of unbranched alkanes of at least 4 members (excludes halogenated alkanes) is 3. The molecule has 0 radical (unpaired) electrons. The molecule has 4 heterocycles. The van der Waals surface area contributed by atoms with Crippen LogP contribution in [0.3, 0.4) is 0 Å². The zero-order valence-electron chi connectivity index (χ0n) is 28.7. The summed E-state index contributed by atoms with van der Waals surface area (Å²) in [7, 11) is 2.34. The number of morpholine rings is 1. The maximum atomic E-state index is 5.68. The number of piperidine rings is 2. The lowest BCUT2D eigenvalue weighted by atomic mass is 9.79. The summed E-state index contributed by atoms with van der Waals surface area (Å²) in [6.45, 7) is 26.2. The molecular formula is C33H63N8O+. The summed E-state index contributed by atoms with van der Waals surface area (Å²) < 4.78 is 7.96. The van der Waals surface area contributed by atoms with Gasteiger partial charge in [0, 0.05) is 41.7 Å². The number of hydrogen-bond acceptors (Lipinski definition) is 8. The Bertz CT molecular complexity index is 987. The first-order valence-electron chi connectivity index (χ1n) is 16.7. The summed E-state index contributed by atoms with van der Waals surface area (Å²) >= 11 is 0. The van der Waals surface area contributed by atoms with Crippen molar-refractivity contribution >= 4 is 5.95 Å². The highest BCUT2D eigenvalue weighted by Gasteiger charge is 2.42. The van der Waals surface area contributed by atoms with Gasteiger partial charge < -0.3 is 20.3 Å². The molecule has 0 spiro atoms. The molecule has 9 heteroatoms. The van der Waals surface area contributed by atoms with E-state index < -0.39 is 0 Å². The second-order valence-corrected chi connectivity index (χ2v) is 16.1. The lowest BCUT2D eigenvalue weighted by molar-refractivity contribution is -0.692. The number of aromatic nitrogens is 3. The molecule has 0 aromatic carbocycles. The van der Waals surface area contributed by atoms with Gasteiger partial charge in [-0.25, -0.2) is 0 Å². The van der Waals surface area contributed by atoms with Gasteiger partial charge in [0.25, 0.3) is 0 Å². The van der Waals surface area contributed by atoms with Gasteiger partial charge in [-0.1, -0.05) is 17.8 Å². The van der Waals surface area contributed by atoms with Gasteiger partial charge in [0.15, 0.2) is 0 Å². The molecule has 0 saturated carbocycles. The van der Waals surface area contributed by atoms with E-state index in [1.807, 2.05) is 13.3 Å². The largest absolute Gasteiger partial charge is 0.376 e. The predicted octanol–water partition coefficient (Wildman–Crippen LogP) is 3.96. The van der Waals surface area contributed by atoms with Crippen LogP contribution in [0.15, 0.2) is 6.33 Å². The van der Waals surface area contributed by atoms with E-state index >= 15 is 0 Å². The molecule has 0 bridgehead atoms. The Morgan fingerprint density at radius 3 is 1.86 bits per heavy atom. The average Bonchev–Trinajstić information content (AvgIpc) is 2.85. The molecule has 1 aromatic rings. The molecule has 3 aliphatic heterocycles. The summed E-state index contributed by atoms with van der Waals surface area (Å²) in [5.41, 5.74) is 0.523. The highest BCUT2D eigenvalue weighted by Crippen LogP contribution is 2.32. The van der Waals surface area contributed by atoms with Crippen molar-refractivity contribution in [3.63, 3.8) is 0 Å². The normalized spacial score (nSPS) is 24.2. The number of hydrogen-bond donors (Lipinski definition) is 2. The Hall–Kier alpha value is -1.55. The second-order valence-electron chi connectivity index (χ2n) is 16.1. The Labute approximate surface area is 257 Å². The molecule has 0 unspecified atom stereocenters. The number of aryl methyl sites for hydroxylation is 1. The summed E-state index contributed by atoms with van der Waals surface area (Å²) in [4.78, 5) is 14.7. The van der Waals surface area contributed by atoms with Crippen molar-refractivity contribution in [1.29, 1.82) is 0 Å². The van der Waals surface area contributed by atoms with E-state index in [2.05, 4.69) is 92.6 Å². The smallest absolute Gasteiger partial charge is 0.374 e. The third-order valence-corrected chi connectivity index (χ3v) is 9.42. The van der Waals surface area contributed by atoms with Crippen LogP contribution in [-0.2, 0) is 4.74 Å².